The predicted molar refractivity (Wildman–Crippen MR) is 79.9 cm³/mol. The zero-order chi connectivity index (χ0) is 14.1. The number of benzene rings is 2. The molecule has 2 aromatic carbocycles. The van der Waals surface area contributed by atoms with E-state index in [4.69, 9.17) is 4.42 Å². The van der Waals surface area contributed by atoms with Crippen LogP contribution in [-0.2, 0) is 0 Å². The quantitative estimate of drug-likeness (QED) is 0.573. The number of hydrogen-bond donors (Lipinski definition) is 0. The minimum atomic E-state index is -0.110. The first-order valence-corrected chi connectivity index (χ1v) is 6.81. The normalized spacial score (nSPS) is 12.6. The molecule has 0 aliphatic heterocycles. The highest BCUT2D eigenvalue weighted by Gasteiger charge is 2.21. The van der Waals surface area contributed by atoms with Crippen LogP contribution < -0.4 is 0 Å². The van der Waals surface area contributed by atoms with Crippen molar-refractivity contribution >= 4 is 11.0 Å². The highest BCUT2D eigenvalue weighted by atomic mass is 16.3. The summed E-state index contributed by atoms with van der Waals surface area (Å²) in [4.78, 5) is 0. The Morgan fingerprint density at radius 3 is 2.52 bits per heavy atom. The summed E-state index contributed by atoms with van der Waals surface area (Å²) in [6.45, 7) is 0. The van der Waals surface area contributed by atoms with Crippen LogP contribution in [0.25, 0.3) is 11.0 Å². The number of nitrogens with zero attached hydrogens (tertiary/aromatic N) is 3. The summed E-state index contributed by atoms with van der Waals surface area (Å²) in [6.07, 6.45) is 3.53. The van der Waals surface area contributed by atoms with Gasteiger partial charge in [-0.15, -0.1) is 5.10 Å². The molecule has 4 nitrogen and oxygen atoms in total. The minimum Gasteiger partial charge on any atom is -0.458 e. The summed E-state index contributed by atoms with van der Waals surface area (Å²) in [6, 6.07) is 20.1. The molecule has 0 radical (unpaired) electrons. The lowest BCUT2D eigenvalue weighted by Crippen LogP contribution is -2.12. The number of furan rings is 1. The van der Waals surface area contributed by atoms with Crippen LogP contribution in [0.4, 0.5) is 0 Å². The second-order valence-corrected chi connectivity index (χ2v) is 4.88. The van der Waals surface area contributed by atoms with Crippen molar-refractivity contribution < 1.29 is 4.42 Å². The lowest BCUT2D eigenvalue weighted by Gasteiger charge is -2.14. The van der Waals surface area contributed by atoms with Crippen molar-refractivity contribution in [1.29, 1.82) is 0 Å². The van der Waals surface area contributed by atoms with Gasteiger partial charge in [-0.1, -0.05) is 53.7 Å². The number of rotatable bonds is 3. The molecule has 0 saturated heterocycles. The smallest absolute Gasteiger partial charge is 0.136 e. The maximum atomic E-state index is 6.02. The van der Waals surface area contributed by atoms with Gasteiger partial charge in [0, 0.05) is 11.6 Å². The standard InChI is InChI=1S/C17H13N3O/c1-2-6-13(7-3-1)17(20-11-10-18-19-20)16-12-14-8-4-5-9-15(14)21-16/h1-12,17H. The van der Waals surface area contributed by atoms with Crippen molar-refractivity contribution in [2.24, 2.45) is 0 Å². The molecule has 0 saturated carbocycles. The molecule has 0 aliphatic carbocycles. The molecular weight excluding hydrogens is 262 g/mol. The SMILES string of the molecule is c1ccc(C(c2cc3ccccc3o2)n2ccnn2)cc1. The first kappa shape index (κ1) is 11.9. The zero-order valence-electron chi connectivity index (χ0n) is 11.3. The third-order valence-electron chi connectivity index (χ3n) is 3.53. The molecule has 0 spiro atoms. The molecule has 0 aliphatic rings. The van der Waals surface area contributed by atoms with Crippen LogP contribution in [0, 0.1) is 0 Å². The van der Waals surface area contributed by atoms with E-state index in [1.807, 2.05) is 53.3 Å². The van der Waals surface area contributed by atoms with Gasteiger partial charge in [0.05, 0.1) is 6.20 Å². The van der Waals surface area contributed by atoms with E-state index in [9.17, 15) is 0 Å². The van der Waals surface area contributed by atoms with Gasteiger partial charge in [0.1, 0.15) is 17.4 Å². The highest BCUT2D eigenvalue weighted by molar-refractivity contribution is 5.78. The lowest BCUT2D eigenvalue weighted by molar-refractivity contribution is 0.456. The molecule has 1 unspecified atom stereocenters. The first-order chi connectivity index (χ1) is 10.4. The van der Waals surface area contributed by atoms with Gasteiger partial charge in [-0.3, -0.25) is 0 Å². The third-order valence-corrected chi connectivity index (χ3v) is 3.53. The van der Waals surface area contributed by atoms with Crippen LogP contribution in [0.2, 0.25) is 0 Å². The maximum absolute atomic E-state index is 6.02. The molecule has 0 N–H and O–H groups in total. The summed E-state index contributed by atoms with van der Waals surface area (Å²) < 4.78 is 7.83. The zero-order valence-corrected chi connectivity index (χ0v) is 11.3. The van der Waals surface area contributed by atoms with Gasteiger partial charge in [-0.2, -0.15) is 0 Å². The first-order valence-electron chi connectivity index (χ1n) is 6.81. The highest BCUT2D eigenvalue weighted by Crippen LogP contribution is 2.30. The molecule has 4 rings (SSSR count). The topological polar surface area (TPSA) is 43.9 Å². The Balaban J connectivity index is 1.90. The molecule has 0 fully saturated rings. The molecule has 102 valence electrons. The van der Waals surface area contributed by atoms with E-state index in [1.165, 1.54) is 0 Å². The van der Waals surface area contributed by atoms with E-state index in [1.54, 1.807) is 6.20 Å². The van der Waals surface area contributed by atoms with Crippen molar-refractivity contribution in [3.05, 3.63) is 84.4 Å². The van der Waals surface area contributed by atoms with Crippen LogP contribution in [0.15, 0.2) is 77.5 Å². The monoisotopic (exact) mass is 275 g/mol. The van der Waals surface area contributed by atoms with E-state index in [0.717, 1.165) is 22.3 Å². The maximum Gasteiger partial charge on any atom is 0.136 e. The van der Waals surface area contributed by atoms with Crippen LogP contribution in [0.1, 0.15) is 17.4 Å². The van der Waals surface area contributed by atoms with E-state index in [2.05, 4.69) is 28.5 Å². The third kappa shape index (κ3) is 2.10. The van der Waals surface area contributed by atoms with E-state index >= 15 is 0 Å². The average molecular weight is 275 g/mol. The van der Waals surface area contributed by atoms with E-state index < -0.39 is 0 Å². The van der Waals surface area contributed by atoms with Crippen LogP contribution in [0.5, 0.6) is 0 Å². The molecule has 1 atom stereocenters. The van der Waals surface area contributed by atoms with Gasteiger partial charge in [0.15, 0.2) is 0 Å². The Bertz CT molecular complexity index is 817. The Morgan fingerprint density at radius 2 is 1.76 bits per heavy atom. The second kappa shape index (κ2) is 4.90. The van der Waals surface area contributed by atoms with Crippen LogP contribution in [-0.4, -0.2) is 15.0 Å². The molecular formula is C17H13N3O. The summed E-state index contributed by atoms with van der Waals surface area (Å²) >= 11 is 0. The van der Waals surface area contributed by atoms with Crippen molar-refractivity contribution in [3.63, 3.8) is 0 Å². The minimum absolute atomic E-state index is 0.110. The fraction of sp³-hybridized carbons (Fsp3) is 0.0588. The van der Waals surface area contributed by atoms with Gasteiger partial charge in [-0.05, 0) is 17.7 Å². The van der Waals surface area contributed by atoms with Crippen molar-refractivity contribution in [1.82, 2.24) is 15.0 Å². The largest absolute Gasteiger partial charge is 0.458 e. The van der Waals surface area contributed by atoms with Crippen molar-refractivity contribution in [2.75, 3.05) is 0 Å². The molecule has 2 aromatic heterocycles. The van der Waals surface area contributed by atoms with E-state index in [-0.39, 0.29) is 6.04 Å². The fourth-order valence-electron chi connectivity index (χ4n) is 2.57. The summed E-state index contributed by atoms with van der Waals surface area (Å²) in [5.41, 5.74) is 2.00. The Labute approximate surface area is 121 Å². The molecule has 4 aromatic rings. The van der Waals surface area contributed by atoms with Crippen LogP contribution >= 0.6 is 0 Å². The number of fused-ring (bicyclic) bond motifs is 1. The Kier molecular flexibility index (Phi) is 2.78. The van der Waals surface area contributed by atoms with E-state index in [0.29, 0.717) is 0 Å². The fourth-order valence-corrected chi connectivity index (χ4v) is 2.57. The molecule has 4 heteroatoms. The van der Waals surface area contributed by atoms with Crippen LogP contribution in [0.3, 0.4) is 0 Å². The second-order valence-electron chi connectivity index (χ2n) is 4.88. The predicted octanol–water partition coefficient (Wildman–Crippen LogP) is 3.66. The average Bonchev–Trinajstić information content (AvgIpc) is 3.18. The molecule has 2 heterocycles. The summed E-state index contributed by atoms with van der Waals surface area (Å²) in [5, 5.41) is 9.16. The number of para-hydroxylation sites is 1. The van der Waals surface area contributed by atoms with Gasteiger partial charge >= 0.3 is 0 Å². The Hall–Kier alpha value is -2.88. The van der Waals surface area contributed by atoms with Gasteiger partial charge in [-0.25, -0.2) is 4.68 Å². The molecule has 21 heavy (non-hydrogen) atoms. The van der Waals surface area contributed by atoms with Gasteiger partial charge < -0.3 is 4.42 Å². The Morgan fingerprint density at radius 1 is 0.952 bits per heavy atom. The van der Waals surface area contributed by atoms with Gasteiger partial charge in [0.2, 0.25) is 0 Å². The van der Waals surface area contributed by atoms with Crippen molar-refractivity contribution in [2.45, 2.75) is 6.04 Å². The number of aromatic nitrogens is 3. The van der Waals surface area contributed by atoms with Crippen molar-refractivity contribution in [3.8, 4) is 0 Å². The number of hydrogen-bond acceptors (Lipinski definition) is 3. The summed E-state index contributed by atoms with van der Waals surface area (Å²) in [7, 11) is 0. The lowest BCUT2D eigenvalue weighted by atomic mass is 10.0. The summed E-state index contributed by atoms with van der Waals surface area (Å²) in [5.74, 6) is 0.855. The van der Waals surface area contributed by atoms with Gasteiger partial charge in [0.25, 0.3) is 0 Å². The molecule has 0 amide bonds. The molecule has 0 bridgehead atoms.